The second-order valence-electron chi connectivity index (χ2n) is 10.4. The normalized spacial score (nSPS) is 19.7. The van der Waals surface area contributed by atoms with Crippen molar-refractivity contribution in [3.63, 3.8) is 0 Å². The van der Waals surface area contributed by atoms with Crippen LogP contribution in [0.2, 0.25) is 0 Å². The summed E-state index contributed by atoms with van der Waals surface area (Å²) in [5, 5.41) is 16.0. The number of rotatable bonds is 5. The van der Waals surface area contributed by atoms with E-state index >= 15 is 0 Å². The van der Waals surface area contributed by atoms with E-state index in [0.29, 0.717) is 19.0 Å². The fourth-order valence-corrected chi connectivity index (χ4v) is 6.12. The van der Waals surface area contributed by atoms with E-state index in [1.54, 1.807) is 29.3 Å². The van der Waals surface area contributed by atoms with E-state index in [4.69, 9.17) is 5.26 Å². The Hall–Kier alpha value is -3.78. The van der Waals surface area contributed by atoms with E-state index in [2.05, 4.69) is 31.4 Å². The minimum atomic E-state index is -2.86. The van der Waals surface area contributed by atoms with Gasteiger partial charge in [-0.3, -0.25) is 4.79 Å². The minimum Gasteiger partial charge on any atom is -0.369 e. The van der Waals surface area contributed by atoms with Crippen molar-refractivity contribution < 1.29 is 14.6 Å². The van der Waals surface area contributed by atoms with Gasteiger partial charge in [-0.1, -0.05) is 31.4 Å². The second-order valence-corrected chi connectivity index (χ2v) is 12.7. The lowest BCUT2D eigenvalue weighted by molar-refractivity contribution is -0.126. The van der Waals surface area contributed by atoms with Crippen LogP contribution in [0.25, 0.3) is 17.1 Å². The van der Waals surface area contributed by atoms with Gasteiger partial charge in [-0.25, -0.2) is 23.1 Å². The lowest BCUT2D eigenvalue weighted by Crippen LogP contribution is -2.40. The molecule has 2 aromatic heterocycles. The van der Waals surface area contributed by atoms with Crippen molar-refractivity contribution in [2.75, 3.05) is 29.5 Å². The Labute approximate surface area is 230 Å². The van der Waals surface area contributed by atoms with Gasteiger partial charge >= 0.3 is 0 Å². The van der Waals surface area contributed by atoms with Crippen molar-refractivity contribution >= 4 is 21.4 Å². The van der Waals surface area contributed by atoms with Crippen molar-refractivity contribution in [1.29, 1.82) is 5.26 Å². The highest BCUT2D eigenvalue weighted by molar-refractivity contribution is 7.91. The number of carbonyl (C=O) groups excluding carboxylic acids is 1. The van der Waals surface area contributed by atoms with Crippen LogP contribution in [0.15, 0.2) is 55.1 Å². The summed E-state index contributed by atoms with van der Waals surface area (Å²) in [6, 6.07) is 12.0. The fourth-order valence-electron chi connectivity index (χ4n) is 4.92. The molecule has 206 valence electrons. The van der Waals surface area contributed by atoms with Crippen LogP contribution < -0.4 is 10.2 Å². The molecule has 10 nitrogen and oxygen atoms in total. The molecule has 0 unspecified atom stereocenters. The highest BCUT2D eigenvalue weighted by atomic mass is 32.2. The molecule has 39 heavy (non-hydrogen) atoms. The monoisotopic (exact) mass is 549 g/mol. The number of hydrogen-bond donors (Lipinski definition) is 1. The van der Waals surface area contributed by atoms with Crippen LogP contribution in [0, 0.1) is 17.2 Å². The van der Waals surface area contributed by atoms with Crippen LogP contribution in [0.3, 0.4) is 0 Å². The van der Waals surface area contributed by atoms with Crippen LogP contribution in [0.5, 0.6) is 0 Å². The van der Waals surface area contributed by atoms with Crippen LogP contribution in [0.1, 0.15) is 46.4 Å². The summed E-state index contributed by atoms with van der Waals surface area (Å²) in [5.74, 6) is 1.26. The summed E-state index contributed by atoms with van der Waals surface area (Å²) in [4.78, 5) is 22.2. The summed E-state index contributed by atoms with van der Waals surface area (Å²) < 4.78 is 24.7. The average Bonchev–Trinajstić information content (AvgIpc) is 3.57. The zero-order valence-electron chi connectivity index (χ0n) is 21.9. The van der Waals surface area contributed by atoms with Gasteiger partial charge in [-0.15, -0.1) is 0 Å². The highest BCUT2D eigenvalue weighted by Gasteiger charge is 2.45. The predicted octanol–water partition coefficient (Wildman–Crippen LogP) is 3.55. The smallest absolute Gasteiger partial charge is 0.250 e. The Kier molecular flexibility index (Phi) is 7.93. The molecule has 11 heteroatoms. The molecule has 1 aliphatic heterocycles. The number of benzene rings is 1. The standard InChI is InChI=1S/C17H17N5O2S.C11H16N2O.H2/c23-25(24)10-8-21(9-11-25)16-4-2-14(3-5-16)15-12-20-22(13-15)17-18-6-1-7-19-17;12-8-11(6-7-11)13-10(14)9-4-2-1-3-5-9;/h1-7,12-13H,8-11H2;9H,1-7H2,(H,13,14);1H. The number of nitriles is 1. The molecule has 2 aliphatic carbocycles. The molecular weight excluding hydrogens is 514 g/mol. The lowest BCUT2D eigenvalue weighted by atomic mass is 9.88. The number of aromatic nitrogens is 4. The molecule has 1 saturated heterocycles. The molecule has 1 N–H and O–H groups in total. The Balaban J connectivity index is 0.000000210. The first kappa shape index (κ1) is 26.8. The molecular formula is C28H35N7O3S. The van der Waals surface area contributed by atoms with Gasteiger partial charge in [0.05, 0.1) is 23.8 Å². The quantitative estimate of drug-likeness (QED) is 0.511. The third-order valence-corrected chi connectivity index (χ3v) is 9.16. The van der Waals surface area contributed by atoms with Gasteiger partial charge in [-0.05, 0) is 49.4 Å². The maximum atomic E-state index is 11.8. The molecule has 0 spiro atoms. The summed E-state index contributed by atoms with van der Waals surface area (Å²) >= 11 is 0. The van der Waals surface area contributed by atoms with Crippen LogP contribution >= 0.6 is 0 Å². The molecule has 1 aromatic carbocycles. The van der Waals surface area contributed by atoms with Crippen molar-refractivity contribution in [1.82, 2.24) is 25.1 Å². The zero-order chi connectivity index (χ0) is 27.3. The molecule has 3 aromatic rings. The Morgan fingerprint density at radius 2 is 1.69 bits per heavy atom. The minimum absolute atomic E-state index is 0. The first-order chi connectivity index (χ1) is 18.9. The van der Waals surface area contributed by atoms with Gasteiger partial charge in [0.25, 0.3) is 0 Å². The topological polar surface area (TPSA) is 134 Å². The van der Waals surface area contributed by atoms with Gasteiger partial charge in [-0.2, -0.15) is 10.4 Å². The molecule has 6 rings (SSSR count). The second kappa shape index (κ2) is 11.5. The molecule has 0 radical (unpaired) electrons. The van der Waals surface area contributed by atoms with Gasteiger partial charge in [0.2, 0.25) is 11.9 Å². The number of carbonyl (C=O) groups is 1. The van der Waals surface area contributed by atoms with Gasteiger partial charge in [0, 0.05) is 50.3 Å². The van der Waals surface area contributed by atoms with Gasteiger partial charge in [0.15, 0.2) is 9.84 Å². The number of hydrogen-bond acceptors (Lipinski definition) is 8. The summed E-state index contributed by atoms with van der Waals surface area (Å²) in [7, 11) is -2.86. The predicted molar refractivity (Wildman–Crippen MR) is 150 cm³/mol. The number of amides is 1. The molecule has 0 bridgehead atoms. The highest BCUT2D eigenvalue weighted by Crippen LogP contribution is 2.35. The molecule has 0 atom stereocenters. The Morgan fingerprint density at radius 3 is 2.31 bits per heavy atom. The van der Waals surface area contributed by atoms with Crippen molar-refractivity contribution in [2.24, 2.45) is 5.92 Å². The van der Waals surface area contributed by atoms with E-state index in [1.165, 1.54) is 6.42 Å². The zero-order valence-corrected chi connectivity index (χ0v) is 22.7. The molecule has 2 saturated carbocycles. The Bertz CT molecular complexity index is 1410. The fraction of sp³-hybridized carbons (Fsp3) is 0.464. The number of anilines is 1. The lowest BCUT2D eigenvalue weighted by Gasteiger charge is -2.28. The first-order valence-corrected chi connectivity index (χ1v) is 15.3. The van der Waals surface area contributed by atoms with E-state index in [1.807, 2.05) is 30.5 Å². The Morgan fingerprint density at radius 1 is 1.03 bits per heavy atom. The third kappa shape index (κ3) is 6.81. The van der Waals surface area contributed by atoms with Gasteiger partial charge in [0.1, 0.15) is 5.54 Å². The number of nitrogens with one attached hydrogen (secondary N) is 1. The molecule has 1 amide bonds. The average molecular weight is 550 g/mol. The van der Waals surface area contributed by atoms with Gasteiger partial charge < -0.3 is 10.2 Å². The third-order valence-electron chi connectivity index (χ3n) is 7.55. The van der Waals surface area contributed by atoms with Crippen LogP contribution in [-0.4, -0.2) is 64.2 Å². The maximum Gasteiger partial charge on any atom is 0.250 e. The summed E-state index contributed by atoms with van der Waals surface area (Å²) in [5.41, 5.74) is 2.57. The summed E-state index contributed by atoms with van der Waals surface area (Å²) in [6.45, 7) is 1.09. The van der Waals surface area contributed by atoms with Crippen LogP contribution in [-0.2, 0) is 14.6 Å². The largest absolute Gasteiger partial charge is 0.369 e. The van der Waals surface area contributed by atoms with Crippen molar-refractivity contribution in [3.8, 4) is 23.1 Å². The van der Waals surface area contributed by atoms with E-state index in [0.717, 1.165) is 55.3 Å². The van der Waals surface area contributed by atoms with Crippen molar-refractivity contribution in [3.05, 3.63) is 55.1 Å². The maximum absolute atomic E-state index is 11.8. The SMILES string of the molecule is N#CC1(NC(=O)C2CCCCC2)CC1.O=S1(=O)CCN(c2ccc(-c3cnn(-c4ncccn4)c3)cc2)CC1.[HH]. The number of nitrogens with zero attached hydrogens (tertiary/aromatic N) is 6. The van der Waals surface area contributed by atoms with E-state index in [-0.39, 0.29) is 24.8 Å². The first-order valence-electron chi connectivity index (χ1n) is 13.5. The van der Waals surface area contributed by atoms with Crippen LogP contribution in [0.4, 0.5) is 5.69 Å². The molecule has 3 heterocycles. The van der Waals surface area contributed by atoms with E-state index < -0.39 is 15.4 Å². The molecule has 3 aliphatic rings. The van der Waals surface area contributed by atoms with E-state index in [9.17, 15) is 13.2 Å². The molecule has 3 fully saturated rings. The summed E-state index contributed by atoms with van der Waals surface area (Å²) in [6.07, 6.45) is 14.3. The van der Waals surface area contributed by atoms with Crippen molar-refractivity contribution in [2.45, 2.75) is 50.5 Å². The number of sulfone groups is 1.